The van der Waals surface area contributed by atoms with Crippen molar-refractivity contribution in [1.29, 1.82) is 0 Å². The number of rotatable bonds is 8. The fourth-order valence-electron chi connectivity index (χ4n) is 2.46. The summed E-state index contributed by atoms with van der Waals surface area (Å²) in [7, 11) is 0. The van der Waals surface area contributed by atoms with Crippen LogP contribution in [-0.4, -0.2) is 33.9 Å². The Labute approximate surface area is 164 Å². The van der Waals surface area contributed by atoms with E-state index in [1.54, 1.807) is 18.3 Å². The van der Waals surface area contributed by atoms with Gasteiger partial charge in [-0.1, -0.05) is 36.4 Å². The summed E-state index contributed by atoms with van der Waals surface area (Å²) in [5.74, 6) is 2.55. The van der Waals surface area contributed by atoms with Crippen LogP contribution in [0.5, 0.6) is 0 Å². The predicted molar refractivity (Wildman–Crippen MR) is 111 cm³/mol. The van der Waals surface area contributed by atoms with Gasteiger partial charge in [0, 0.05) is 31.4 Å². The first-order chi connectivity index (χ1) is 13.7. The molecular weight excluding hydrogens is 352 g/mol. The smallest absolute Gasteiger partial charge is 0.244 e. The highest BCUT2D eigenvalue weighted by Crippen LogP contribution is 2.15. The molecule has 0 spiro atoms. The zero-order valence-electron chi connectivity index (χ0n) is 15.6. The summed E-state index contributed by atoms with van der Waals surface area (Å²) in [4.78, 5) is 24.8. The standard InChI is InChI=1S/C21H22N6O/c1-16-25-19(15-20(26-16)27-18-9-5-6-12-22-18)23-13-14-24-21(28)11-10-17-7-3-2-4-8-17/h2-12,15H,13-14H2,1H3,(H,24,28)(H2,22,23,25,26,27). The van der Waals surface area contributed by atoms with Crippen molar-refractivity contribution in [2.24, 2.45) is 0 Å². The number of aromatic nitrogens is 3. The quantitative estimate of drug-likeness (QED) is 0.414. The molecule has 3 N–H and O–H groups in total. The largest absolute Gasteiger partial charge is 0.368 e. The molecule has 142 valence electrons. The minimum absolute atomic E-state index is 0.137. The lowest BCUT2D eigenvalue weighted by Crippen LogP contribution is -2.27. The Morgan fingerprint density at radius 2 is 1.75 bits per heavy atom. The van der Waals surface area contributed by atoms with Crippen LogP contribution in [0.3, 0.4) is 0 Å². The van der Waals surface area contributed by atoms with Crippen molar-refractivity contribution in [3.05, 3.63) is 78.3 Å². The van der Waals surface area contributed by atoms with Crippen LogP contribution in [0.2, 0.25) is 0 Å². The van der Waals surface area contributed by atoms with E-state index < -0.39 is 0 Å². The molecule has 2 aromatic heterocycles. The Morgan fingerprint density at radius 3 is 2.54 bits per heavy atom. The summed E-state index contributed by atoms with van der Waals surface area (Å²) in [5.41, 5.74) is 0.986. The molecule has 0 aliphatic heterocycles. The monoisotopic (exact) mass is 374 g/mol. The third-order valence-corrected chi connectivity index (χ3v) is 3.72. The van der Waals surface area contributed by atoms with E-state index in [0.717, 1.165) is 5.56 Å². The molecule has 0 saturated carbocycles. The second kappa shape index (κ2) is 9.82. The Hall–Kier alpha value is -3.74. The summed E-state index contributed by atoms with van der Waals surface area (Å²) < 4.78 is 0. The summed E-state index contributed by atoms with van der Waals surface area (Å²) >= 11 is 0. The van der Waals surface area contributed by atoms with Gasteiger partial charge < -0.3 is 16.0 Å². The summed E-state index contributed by atoms with van der Waals surface area (Å²) in [6.45, 7) is 2.85. The van der Waals surface area contributed by atoms with Crippen molar-refractivity contribution in [3.63, 3.8) is 0 Å². The highest BCUT2D eigenvalue weighted by Gasteiger charge is 2.03. The molecule has 7 nitrogen and oxygen atoms in total. The number of hydrogen-bond donors (Lipinski definition) is 3. The Kier molecular flexibility index (Phi) is 6.67. The van der Waals surface area contributed by atoms with Gasteiger partial charge in [0.1, 0.15) is 23.3 Å². The van der Waals surface area contributed by atoms with Crippen molar-refractivity contribution in [3.8, 4) is 0 Å². The topological polar surface area (TPSA) is 91.8 Å². The van der Waals surface area contributed by atoms with E-state index in [2.05, 4.69) is 30.9 Å². The average molecular weight is 374 g/mol. The molecule has 7 heteroatoms. The number of carbonyl (C=O) groups excluding carboxylic acids is 1. The maximum Gasteiger partial charge on any atom is 0.244 e. The Bertz CT molecular complexity index is 928. The number of anilines is 3. The van der Waals surface area contributed by atoms with Gasteiger partial charge in [-0.25, -0.2) is 15.0 Å². The van der Waals surface area contributed by atoms with Gasteiger partial charge in [-0.15, -0.1) is 0 Å². The van der Waals surface area contributed by atoms with Crippen LogP contribution in [0.25, 0.3) is 6.08 Å². The predicted octanol–water partition coefficient (Wildman–Crippen LogP) is 3.17. The van der Waals surface area contributed by atoms with Crippen molar-refractivity contribution in [1.82, 2.24) is 20.3 Å². The first-order valence-electron chi connectivity index (χ1n) is 8.97. The first-order valence-corrected chi connectivity index (χ1v) is 8.97. The second-order valence-electron chi connectivity index (χ2n) is 5.99. The van der Waals surface area contributed by atoms with E-state index >= 15 is 0 Å². The molecular formula is C21H22N6O. The molecule has 0 aliphatic carbocycles. The normalized spacial score (nSPS) is 10.6. The molecule has 0 bridgehead atoms. The lowest BCUT2D eigenvalue weighted by molar-refractivity contribution is -0.116. The highest BCUT2D eigenvalue weighted by atomic mass is 16.1. The van der Waals surface area contributed by atoms with Crippen LogP contribution in [0, 0.1) is 6.92 Å². The van der Waals surface area contributed by atoms with E-state index in [4.69, 9.17) is 0 Å². The van der Waals surface area contributed by atoms with Gasteiger partial charge in [0.15, 0.2) is 0 Å². The van der Waals surface area contributed by atoms with Crippen LogP contribution in [0.15, 0.2) is 66.9 Å². The second-order valence-corrected chi connectivity index (χ2v) is 5.99. The Morgan fingerprint density at radius 1 is 0.964 bits per heavy atom. The van der Waals surface area contributed by atoms with Crippen molar-refractivity contribution >= 4 is 29.4 Å². The van der Waals surface area contributed by atoms with E-state index in [-0.39, 0.29) is 5.91 Å². The van der Waals surface area contributed by atoms with Gasteiger partial charge >= 0.3 is 0 Å². The van der Waals surface area contributed by atoms with Gasteiger partial charge in [-0.3, -0.25) is 4.79 Å². The van der Waals surface area contributed by atoms with Gasteiger partial charge in [0.05, 0.1) is 0 Å². The third kappa shape index (κ3) is 6.21. The Balaban J connectivity index is 1.46. The molecule has 0 atom stereocenters. The number of aryl methyl sites for hydroxylation is 1. The van der Waals surface area contributed by atoms with Gasteiger partial charge in [0.25, 0.3) is 0 Å². The zero-order chi connectivity index (χ0) is 19.6. The number of carbonyl (C=O) groups is 1. The van der Waals surface area contributed by atoms with Crippen LogP contribution >= 0.6 is 0 Å². The van der Waals surface area contributed by atoms with E-state index in [1.165, 1.54) is 6.08 Å². The number of nitrogens with zero attached hydrogens (tertiary/aromatic N) is 3. The molecule has 2 heterocycles. The third-order valence-electron chi connectivity index (χ3n) is 3.72. The highest BCUT2D eigenvalue weighted by molar-refractivity contribution is 5.91. The van der Waals surface area contributed by atoms with Crippen LogP contribution in [0.4, 0.5) is 17.5 Å². The lowest BCUT2D eigenvalue weighted by atomic mass is 10.2. The van der Waals surface area contributed by atoms with Crippen LogP contribution in [-0.2, 0) is 4.79 Å². The van der Waals surface area contributed by atoms with Crippen LogP contribution < -0.4 is 16.0 Å². The number of pyridine rings is 1. The zero-order valence-corrected chi connectivity index (χ0v) is 15.6. The molecule has 0 radical (unpaired) electrons. The minimum Gasteiger partial charge on any atom is -0.368 e. The summed E-state index contributed by atoms with van der Waals surface area (Å²) in [5, 5.41) is 9.17. The minimum atomic E-state index is -0.137. The molecule has 3 rings (SSSR count). The van der Waals surface area contributed by atoms with E-state index in [9.17, 15) is 4.79 Å². The molecule has 1 amide bonds. The number of benzene rings is 1. The van der Waals surface area contributed by atoms with E-state index in [1.807, 2.05) is 55.5 Å². The van der Waals surface area contributed by atoms with Gasteiger partial charge in [0.2, 0.25) is 5.91 Å². The average Bonchev–Trinajstić information content (AvgIpc) is 2.71. The lowest BCUT2D eigenvalue weighted by Gasteiger charge is -2.10. The molecule has 0 unspecified atom stereocenters. The fourth-order valence-corrected chi connectivity index (χ4v) is 2.46. The number of hydrogen-bond acceptors (Lipinski definition) is 6. The summed E-state index contributed by atoms with van der Waals surface area (Å²) in [6, 6.07) is 17.1. The van der Waals surface area contributed by atoms with Crippen molar-refractivity contribution in [2.75, 3.05) is 23.7 Å². The molecule has 0 fully saturated rings. The fraction of sp³-hybridized carbons (Fsp3) is 0.143. The SMILES string of the molecule is Cc1nc(NCCNC(=O)C=Cc2ccccc2)cc(Nc2ccccn2)n1. The number of nitrogens with one attached hydrogen (secondary N) is 3. The van der Waals surface area contributed by atoms with Gasteiger partial charge in [-0.05, 0) is 30.7 Å². The van der Waals surface area contributed by atoms with Crippen molar-refractivity contribution in [2.45, 2.75) is 6.92 Å². The molecule has 1 aromatic carbocycles. The first kappa shape index (κ1) is 19.0. The molecule has 0 aliphatic rings. The number of amides is 1. The summed E-state index contributed by atoms with van der Waals surface area (Å²) in [6.07, 6.45) is 5.02. The van der Waals surface area contributed by atoms with Crippen LogP contribution in [0.1, 0.15) is 11.4 Å². The van der Waals surface area contributed by atoms with Crippen molar-refractivity contribution < 1.29 is 4.79 Å². The molecule has 3 aromatic rings. The molecule has 0 saturated heterocycles. The van der Waals surface area contributed by atoms with Gasteiger partial charge in [-0.2, -0.15) is 0 Å². The molecule has 28 heavy (non-hydrogen) atoms. The maximum absolute atomic E-state index is 11.9. The maximum atomic E-state index is 11.9. The van der Waals surface area contributed by atoms with E-state index in [0.29, 0.717) is 36.4 Å².